The third-order valence-corrected chi connectivity index (χ3v) is 1.64. The fourth-order valence-electron chi connectivity index (χ4n) is 0.925. The van der Waals surface area contributed by atoms with Crippen molar-refractivity contribution in [3.8, 4) is 6.07 Å². The van der Waals surface area contributed by atoms with Crippen LogP contribution in [0.25, 0.3) is 0 Å². The van der Waals surface area contributed by atoms with Gasteiger partial charge in [0.15, 0.2) is 0 Å². The van der Waals surface area contributed by atoms with E-state index in [0.29, 0.717) is 6.42 Å². The van der Waals surface area contributed by atoms with Crippen molar-refractivity contribution in [1.29, 1.82) is 5.26 Å². The second-order valence-electron chi connectivity index (χ2n) is 2.65. The van der Waals surface area contributed by atoms with Gasteiger partial charge in [0.1, 0.15) is 5.92 Å². The summed E-state index contributed by atoms with van der Waals surface area (Å²) in [7, 11) is 0. The molecule has 0 N–H and O–H groups in total. The zero-order valence-electron chi connectivity index (χ0n) is 6.97. The third-order valence-electron chi connectivity index (χ3n) is 1.64. The molecule has 0 aliphatic carbocycles. The van der Waals surface area contributed by atoms with Crippen molar-refractivity contribution < 1.29 is 4.79 Å². The first-order chi connectivity index (χ1) is 5.35. The molecular formula is C9H14NO. The molecule has 0 aliphatic rings. The zero-order valence-corrected chi connectivity index (χ0v) is 6.97. The fourth-order valence-corrected chi connectivity index (χ4v) is 0.925. The van der Waals surface area contributed by atoms with E-state index >= 15 is 0 Å². The predicted molar refractivity (Wildman–Crippen MR) is 43.6 cm³/mol. The van der Waals surface area contributed by atoms with Gasteiger partial charge in [0.2, 0.25) is 6.29 Å². The molecule has 0 bridgehead atoms. The first kappa shape index (κ1) is 10.2. The minimum atomic E-state index is -0.494. The van der Waals surface area contributed by atoms with Gasteiger partial charge in [0.05, 0.1) is 6.07 Å². The summed E-state index contributed by atoms with van der Waals surface area (Å²) < 4.78 is 0. The van der Waals surface area contributed by atoms with Gasteiger partial charge in [-0.05, 0) is 6.42 Å². The van der Waals surface area contributed by atoms with Crippen LogP contribution >= 0.6 is 0 Å². The van der Waals surface area contributed by atoms with E-state index in [1.54, 1.807) is 6.29 Å². The Morgan fingerprint density at radius 3 is 2.55 bits per heavy atom. The summed E-state index contributed by atoms with van der Waals surface area (Å²) in [5.74, 6) is -0.494. The molecule has 2 nitrogen and oxygen atoms in total. The minimum absolute atomic E-state index is 0.494. The molecule has 1 atom stereocenters. The maximum absolute atomic E-state index is 10.1. The van der Waals surface area contributed by atoms with Gasteiger partial charge in [-0.2, -0.15) is 5.26 Å². The summed E-state index contributed by atoms with van der Waals surface area (Å²) in [5.41, 5.74) is 0. The zero-order chi connectivity index (χ0) is 8.53. The summed E-state index contributed by atoms with van der Waals surface area (Å²) >= 11 is 0. The summed E-state index contributed by atoms with van der Waals surface area (Å²) in [4.78, 5) is 10.1. The van der Waals surface area contributed by atoms with E-state index in [9.17, 15) is 4.79 Å². The molecule has 11 heavy (non-hydrogen) atoms. The fraction of sp³-hybridized carbons (Fsp3) is 0.778. The van der Waals surface area contributed by atoms with E-state index < -0.39 is 5.92 Å². The molecule has 0 heterocycles. The summed E-state index contributed by atoms with van der Waals surface area (Å²) in [5, 5.41) is 8.37. The lowest BCUT2D eigenvalue weighted by Gasteiger charge is -1.98. The van der Waals surface area contributed by atoms with Crippen LogP contribution in [0.3, 0.4) is 0 Å². The van der Waals surface area contributed by atoms with E-state index in [1.807, 2.05) is 6.07 Å². The van der Waals surface area contributed by atoms with Crippen LogP contribution in [0.1, 0.15) is 39.0 Å². The van der Waals surface area contributed by atoms with Crippen molar-refractivity contribution in [1.82, 2.24) is 0 Å². The van der Waals surface area contributed by atoms with Gasteiger partial charge in [0.25, 0.3) is 0 Å². The molecule has 61 valence electrons. The van der Waals surface area contributed by atoms with Crippen molar-refractivity contribution in [3.63, 3.8) is 0 Å². The third kappa shape index (κ3) is 5.60. The van der Waals surface area contributed by atoms with E-state index in [4.69, 9.17) is 5.26 Å². The van der Waals surface area contributed by atoms with Gasteiger partial charge >= 0.3 is 0 Å². The molecule has 2 heteroatoms. The molecule has 0 aliphatic heterocycles. The number of hydrogen-bond acceptors (Lipinski definition) is 2. The van der Waals surface area contributed by atoms with Crippen LogP contribution in [0.4, 0.5) is 0 Å². The Kier molecular flexibility index (Phi) is 6.71. The molecule has 0 saturated carbocycles. The highest BCUT2D eigenvalue weighted by Gasteiger charge is 2.04. The number of carbonyl (C=O) groups excluding carboxylic acids is 1. The van der Waals surface area contributed by atoms with Gasteiger partial charge in [-0.25, -0.2) is 0 Å². The number of unbranched alkanes of at least 4 members (excludes halogenated alkanes) is 3. The Morgan fingerprint density at radius 1 is 1.36 bits per heavy atom. The van der Waals surface area contributed by atoms with Crippen molar-refractivity contribution in [2.24, 2.45) is 5.92 Å². The van der Waals surface area contributed by atoms with E-state index in [1.165, 1.54) is 12.8 Å². The maximum Gasteiger partial charge on any atom is 0.216 e. The number of nitriles is 1. The van der Waals surface area contributed by atoms with Crippen molar-refractivity contribution in [2.45, 2.75) is 39.0 Å². The Bertz CT molecular complexity index is 137. The molecule has 0 aromatic rings. The Labute approximate surface area is 68.2 Å². The van der Waals surface area contributed by atoms with E-state index in [-0.39, 0.29) is 0 Å². The number of hydrogen-bond donors (Lipinski definition) is 0. The van der Waals surface area contributed by atoms with E-state index in [2.05, 4.69) is 6.92 Å². The molecule has 0 rings (SSSR count). The molecule has 1 radical (unpaired) electrons. The lowest BCUT2D eigenvalue weighted by molar-refractivity contribution is 0.522. The summed E-state index contributed by atoms with van der Waals surface area (Å²) in [6.45, 7) is 2.13. The van der Waals surface area contributed by atoms with Crippen molar-refractivity contribution in [3.05, 3.63) is 0 Å². The van der Waals surface area contributed by atoms with Crippen LogP contribution in [-0.4, -0.2) is 6.29 Å². The van der Waals surface area contributed by atoms with Gasteiger partial charge in [-0.15, -0.1) is 0 Å². The molecular weight excluding hydrogens is 138 g/mol. The monoisotopic (exact) mass is 152 g/mol. The highest BCUT2D eigenvalue weighted by molar-refractivity contribution is 5.58. The lowest BCUT2D eigenvalue weighted by Crippen LogP contribution is -1.97. The van der Waals surface area contributed by atoms with E-state index in [0.717, 1.165) is 12.8 Å². The highest BCUT2D eigenvalue weighted by Crippen LogP contribution is 2.07. The molecule has 0 amide bonds. The average molecular weight is 152 g/mol. The van der Waals surface area contributed by atoms with Crippen LogP contribution in [0.15, 0.2) is 0 Å². The average Bonchev–Trinajstić information content (AvgIpc) is 2.05. The van der Waals surface area contributed by atoms with Crippen LogP contribution < -0.4 is 0 Å². The quantitative estimate of drug-likeness (QED) is 0.547. The molecule has 0 saturated heterocycles. The molecule has 0 aromatic heterocycles. The summed E-state index contributed by atoms with van der Waals surface area (Å²) in [6.07, 6.45) is 6.87. The Balaban J connectivity index is 3.23. The van der Waals surface area contributed by atoms with Gasteiger partial charge < -0.3 is 0 Å². The van der Waals surface area contributed by atoms with Gasteiger partial charge in [-0.3, -0.25) is 4.79 Å². The predicted octanol–water partition coefficient (Wildman–Crippen LogP) is 2.21. The second-order valence-corrected chi connectivity index (χ2v) is 2.65. The molecule has 0 aromatic carbocycles. The first-order valence-electron chi connectivity index (χ1n) is 4.12. The molecule has 0 spiro atoms. The lowest BCUT2D eigenvalue weighted by atomic mass is 10.0. The van der Waals surface area contributed by atoms with Crippen molar-refractivity contribution >= 4 is 6.29 Å². The van der Waals surface area contributed by atoms with Crippen LogP contribution in [-0.2, 0) is 4.79 Å². The maximum atomic E-state index is 10.1. The minimum Gasteiger partial charge on any atom is -0.289 e. The van der Waals surface area contributed by atoms with Crippen LogP contribution in [0.2, 0.25) is 0 Å². The topological polar surface area (TPSA) is 40.9 Å². The molecule has 1 unspecified atom stereocenters. The largest absolute Gasteiger partial charge is 0.289 e. The smallest absolute Gasteiger partial charge is 0.216 e. The van der Waals surface area contributed by atoms with Gasteiger partial charge in [0, 0.05) is 0 Å². The molecule has 0 fully saturated rings. The Hall–Kier alpha value is -0.840. The first-order valence-corrected chi connectivity index (χ1v) is 4.12. The summed E-state index contributed by atoms with van der Waals surface area (Å²) in [6, 6.07) is 1.91. The number of rotatable bonds is 6. The van der Waals surface area contributed by atoms with Crippen molar-refractivity contribution in [2.75, 3.05) is 0 Å². The Morgan fingerprint density at radius 2 is 2.09 bits per heavy atom. The number of nitrogens with zero attached hydrogens (tertiary/aromatic N) is 1. The van der Waals surface area contributed by atoms with Gasteiger partial charge in [-0.1, -0.05) is 32.6 Å². The highest BCUT2D eigenvalue weighted by atomic mass is 16.1. The normalized spacial score (nSPS) is 12.0. The SMILES string of the molecule is CCCCCCC([C]=O)C#N. The standard InChI is InChI=1S/C9H14NO/c1-2-3-4-5-6-9(7-10)8-11/h9H,2-6H2,1H3. The van der Waals surface area contributed by atoms with Crippen LogP contribution in [0, 0.1) is 17.2 Å². The van der Waals surface area contributed by atoms with Crippen LogP contribution in [0.5, 0.6) is 0 Å². The second kappa shape index (κ2) is 7.27.